The van der Waals surface area contributed by atoms with Crippen LogP contribution in [0.2, 0.25) is 0 Å². The molecular weight excluding hydrogens is 394 g/mol. The van der Waals surface area contributed by atoms with Gasteiger partial charge in [0, 0.05) is 31.7 Å². The highest BCUT2D eigenvalue weighted by atomic mass is 32.2. The number of methoxy groups -OCH3 is 1. The minimum absolute atomic E-state index is 0.157. The second kappa shape index (κ2) is 11.0. The first-order valence-electron chi connectivity index (χ1n) is 8.87. The standard InChI is InChI=1S/C19H23N5O4S/c1-12(25)20-14-6-7-16(28-3)15(11-14)22-18(27)5-4-10-29-19-9-8-17(23-24-19)21-13(2)26/h6-9,11H,4-5,10H2,1-3H3,(H,20,25)(H,22,27)(H,21,23,26). The van der Waals surface area contributed by atoms with Crippen molar-refractivity contribution >= 4 is 46.7 Å². The fourth-order valence-corrected chi connectivity index (χ4v) is 3.11. The van der Waals surface area contributed by atoms with Crippen LogP contribution in [-0.2, 0) is 14.4 Å². The van der Waals surface area contributed by atoms with E-state index in [1.54, 1.807) is 30.3 Å². The van der Waals surface area contributed by atoms with Gasteiger partial charge in [0.2, 0.25) is 17.7 Å². The molecule has 0 aliphatic heterocycles. The molecule has 1 aromatic carbocycles. The Balaban J connectivity index is 1.81. The van der Waals surface area contributed by atoms with E-state index in [0.29, 0.717) is 46.6 Å². The Bertz CT molecular complexity index is 873. The molecule has 0 saturated heterocycles. The fraction of sp³-hybridized carbons (Fsp3) is 0.316. The summed E-state index contributed by atoms with van der Waals surface area (Å²) in [6.07, 6.45) is 0.956. The molecule has 0 aliphatic rings. The van der Waals surface area contributed by atoms with Gasteiger partial charge in [-0.2, -0.15) is 0 Å². The van der Waals surface area contributed by atoms with E-state index in [2.05, 4.69) is 26.1 Å². The van der Waals surface area contributed by atoms with E-state index in [0.717, 1.165) is 0 Å². The summed E-state index contributed by atoms with van der Waals surface area (Å²) in [6, 6.07) is 8.48. The number of hydrogen-bond donors (Lipinski definition) is 3. The van der Waals surface area contributed by atoms with Crippen LogP contribution in [0.25, 0.3) is 0 Å². The molecule has 29 heavy (non-hydrogen) atoms. The second-order valence-electron chi connectivity index (χ2n) is 6.03. The molecule has 1 heterocycles. The molecule has 2 aromatic rings. The van der Waals surface area contributed by atoms with E-state index < -0.39 is 0 Å². The van der Waals surface area contributed by atoms with Gasteiger partial charge in [-0.15, -0.1) is 22.0 Å². The average molecular weight is 417 g/mol. The summed E-state index contributed by atoms with van der Waals surface area (Å²) in [5, 5.41) is 16.7. The number of nitrogens with one attached hydrogen (secondary N) is 3. The second-order valence-corrected chi connectivity index (χ2v) is 7.15. The van der Waals surface area contributed by atoms with Gasteiger partial charge in [-0.1, -0.05) is 0 Å². The minimum Gasteiger partial charge on any atom is -0.495 e. The molecule has 0 atom stereocenters. The van der Waals surface area contributed by atoms with Gasteiger partial charge in [0.1, 0.15) is 10.8 Å². The molecule has 1 aromatic heterocycles. The molecule has 10 heteroatoms. The minimum atomic E-state index is -0.204. The summed E-state index contributed by atoms with van der Waals surface area (Å²) in [5.41, 5.74) is 1.07. The first-order valence-corrected chi connectivity index (χ1v) is 9.85. The van der Waals surface area contributed by atoms with Crippen LogP contribution in [0.1, 0.15) is 26.7 Å². The third kappa shape index (κ3) is 7.78. The number of amides is 3. The number of thioether (sulfide) groups is 1. The summed E-state index contributed by atoms with van der Waals surface area (Å²) in [5.74, 6) is 1.04. The summed E-state index contributed by atoms with van der Waals surface area (Å²) in [4.78, 5) is 34.4. The lowest BCUT2D eigenvalue weighted by Gasteiger charge is -2.12. The third-order valence-electron chi connectivity index (χ3n) is 3.54. The zero-order chi connectivity index (χ0) is 21.2. The highest BCUT2D eigenvalue weighted by Crippen LogP contribution is 2.28. The van der Waals surface area contributed by atoms with E-state index >= 15 is 0 Å². The number of carbonyl (C=O) groups excluding carboxylic acids is 3. The lowest BCUT2D eigenvalue weighted by molar-refractivity contribution is -0.116. The van der Waals surface area contributed by atoms with Crippen molar-refractivity contribution in [1.82, 2.24) is 10.2 Å². The van der Waals surface area contributed by atoms with Gasteiger partial charge in [-0.3, -0.25) is 14.4 Å². The maximum atomic E-state index is 12.2. The van der Waals surface area contributed by atoms with Crippen molar-refractivity contribution in [3.8, 4) is 5.75 Å². The molecule has 2 rings (SSSR count). The molecule has 3 N–H and O–H groups in total. The Morgan fingerprint density at radius 3 is 2.38 bits per heavy atom. The molecule has 0 spiro atoms. The van der Waals surface area contributed by atoms with Crippen LogP contribution in [0.3, 0.4) is 0 Å². The normalized spacial score (nSPS) is 10.2. The van der Waals surface area contributed by atoms with E-state index in [4.69, 9.17) is 4.74 Å². The van der Waals surface area contributed by atoms with E-state index in [1.165, 1.54) is 32.7 Å². The SMILES string of the molecule is COc1ccc(NC(C)=O)cc1NC(=O)CCCSc1ccc(NC(C)=O)nn1. The zero-order valence-corrected chi connectivity index (χ0v) is 17.3. The summed E-state index contributed by atoms with van der Waals surface area (Å²) < 4.78 is 5.25. The lowest BCUT2D eigenvalue weighted by atomic mass is 10.2. The molecule has 3 amide bonds. The molecule has 0 radical (unpaired) electrons. The van der Waals surface area contributed by atoms with Gasteiger partial charge in [-0.05, 0) is 36.8 Å². The smallest absolute Gasteiger partial charge is 0.224 e. The van der Waals surface area contributed by atoms with Crippen LogP contribution in [0.5, 0.6) is 5.75 Å². The third-order valence-corrected chi connectivity index (χ3v) is 4.54. The Hall–Kier alpha value is -3.14. The van der Waals surface area contributed by atoms with Gasteiger partial charge in [0.25, 0.3) is 0 Å². The van der Waals surface area contributed by atoms with E-state index in [9.17, 15) is 14.4 Å². The lowest BCUT2D eigenvalue weighted by Crippen LogP contribution is -2.13. The molecule has 9 nitrogen and oxygen atoms in total. The Kier molecular flexibility index (Phi) is 8.41. The average Bonchev–Trinajstić information content (AvgIpc) is 2.66. The summed E-state index contributed by atoms with van der Waals surface area (Å²) in [6.45, 7) is 2.82. The predicted octanol–water partition coefficient (Wildman–Crippen LogP) is 2.91. The summed E-state index contributed by atoms with van der Waals surface area (Å²) in [7, 11) is 1.51. The fourth-order valence-electron chi connectivity index (χ4n) is 2.35. The number of anilines is 3. The van der Waals surface area contributed by atoms with Crippen molar-refractivity contribution in [3.05, 3.63) is 30.3 Å². The highest BCUT2D eigenvalue weighted by Gasteiger charge is 2.10. The van der Waals surface area contributed by atoms with Crippen molar-refractivity contribution < 1.29 is 19.1 Å². The first-order chi connectivity index (χ1) is 13.9. The van der Waals surface area contributed by atoms with E-state index in [-0.39, 0.29) is 17.7 Å². The van der Waals surface area contributed by atoms with E-state index in [1.807, 2.05) is 0 Å². The van der Waals surface area contributed by atoms with Gasteiger partial charge in [-0.25, -0.2) is 0 Å². The molecule has 0 aliphatic carbocycles. The molecular formula is C19H23N5O4S. The summed E-state index contributed by atoms with van der Waals surface area (Å²) >= 11 is 1.47. The zero-order valence-electron chi connectivity index (χ0n) is 16.4. The Morgan fingerprint density at radius 1 is 1.00 bits per heavy atom. The molecule has 0 bridgehead atoms. The number of benzene rings is 1. The number of ether oxygens (including phenoxy) is 1. The highest BCUT2D eigenvalue weighted by molar-refractivity contribution is 7.99. The maximum Gasteiger partial charge on any atom is 0.224 e. The molecule has 0 unspecified atom stereocenters. The number of hydrogen-bond acceptors (Lipinski definition) is 7. The number of nitrogens with zero attached hydrogens (tertiary/aromatic N) is 2. The van der Waals surface area contributed by atoms with Crippen molar-refractivity contribution in [2.24, 2.45) is 0 Å². The Labute approximate surface area is 173 Å². The van der Waals surface area contributed by atoms with Gasteiger partial charge in [0.05, 0.1) is 12.8 Å². The quantitative estimate of drug-likeness (QED) is 0.423. The van der Waals surface area contributed by atoms with Gasteiger partial charge in [0.15, 0.2) is 5.82 Å². The number of rotatable bonds is 9. The van der Waals surface area contributed by atoms with Crippen LogP contribution in [0.4, 0.5) is 17.2 Å². The molecule has 0 fully saturated rings. The van der Waals surface area contributed by atoms with Crippen molar-refractivity contribution in [3.63, 3.8) is 0 Å². The monoisotopic (exact) mass is 417 g/mol. The van der Waals surface area contributed by atoms with Crippen LogP contribution in [0.15, 0.2) is 35.4 Å². The molecule has 154 valence electrons. The van der Waals surface area contributed by atoms with Crippen molar-refractivity contribution in [2.75, 3.05) is 28.8 Å². The molecule has 0 saturated carbocycles. The van der Waals surface area contributed by atoms with Gasteiger partial charge >= 0.3 is 0 Å². The predicted molar refractivity (Wildman–Crippen MR) is 112 cm³/mol. The van der Waals surface area contributed by atoms with Crippen molar-refractivity contribution in [2.45, 2.75) is 31.7 Å². The first kappa shape index (κ1) is 22.2. The van der Waals surface area contributed by atoms with Crippen LogP contribution < -0.4 is 20.7 Å². The maximum absolute atomic E-state index is 12.2. The topological polar surface area (TPSA) is 122 Å². The number of aromatic nitrogens is 2. The van der Waals surface area contributed by atoms with Gasteiger partial charge < -0.3 is 20.7 Å². The number of carbonyl (C=O) groups is 3. The van der Waals surface area contributed by atoms with Crippen molar-refractivity contribution in [1.29, 1.82) is 0 Å². The van der Waals surface area contributed by atoms with Crippen LogP contribution >= 0.6 is 11.8 Å². The van der Waals surface area contributed by atoms with Crippen LogP contribution in [0, 0.1) is 0 Å². The van der Waals surface area contributed by atoms with Crippen LogP contribution in [-0.4, -0.2) is 40.8 Å². The Morgan fingerprint density at radius 2 is 1.76 bits per heavy atom. The largest absolute Gasteiger partial charge is 0.495 e.